The highest BCUT2D eigenvalue weighted by Gasteiger charge is 2.43. The molecule has 2 saturated heterocycles. The lowest BCUT2D eigenvalue weighted by molar-refractivity contribution is 0.0778. The van der Waals surface area contributed by atoms with Crippen LogP contribution in [0.1, 0.15) is 16.2 Å². The first-order chi connectivity index (χ1) is 15.6. The molecular weight excluding hydrogens is 413 g/mol. The van der Waals surface area contributed by atoms with Crippen molar-refractivity contribution in [3.8, 4) is 11.5 Å². The topological polar surface area (TPSA) is 92.7 Å². The Morgan fingerprint density at radius 2 is 1.91 bits per heavy atom. The quantitative estimate of drug-likeness (QED) is 0.490. The molecule has 162 valence electrons. The minimum atomic E-state index is -0.567. The van der Waals surface area contributed by atoms with Gasteiger partial charge in [0, 0.05) is 44.1 Å². The second kappa shape index (κ2) is 7.11. The third-order valence-corrected chi connectivity index (χ3v) is 6.35. The molecule has 0 saturated carbocycles. The van der Waals surface area contributed by atoms with Crippen LogP contribution in [0.2, 0.25) is 0 Å². The van der Waals surface area contributed by atoms with Crippen molar-refractivity contribution in [2.45, 2.75) is 6.92 Å². The van der Waals surface area contributed by atoms with Crippen molar-refractivity contribution in [1.82, 2.24) is 29.5 Å². The van der Waals surface area contributed by atoms with Gasteiger partial charge in [0.05, 0.1) is 23.5 Å². The molecule has 10 heteroatoms. The molecule has 2 atom stereocenters. The smallest absolute Gasteiger partial charge is 0.257 e. The number of aromatic nitrogens is 5. The van der Waals surface area contributed by atoms with Gasteiger partial charge in [0.25, 0.3) is 5.91 Å². The number of rotatable bonds is 3. The molecule has 2 fully saturated rings. The summed E-state index contributed by atoms with van der Waals surface area (Å²) < 4.78 is 21.7. The Bertz CT molecular complexity index is 1310. The molecule has 3 aromatic heterocycles. The van der Waals surface area contributed by atoms with Crippen LogP contribution in [0.15, 0.2) is 47.3 Å². The molecular formula is C22H20FN7O2. The lowest BCUT2D eigenvalue weighted by Gasteiger charge is -2.23. The van der Waals surface area contributed by atoms with Gasteiger partial charge >= 0.3 is 0 Å². The van der Waals surface area contributed by atoms with Gasteiger partial charge in [0.15, 0.2) is 5.65 Å². The molecule has 0 unspecified atom stereocenters. The van der Waals surface area contributed by atoms with Crippen molar-refractivity contribution in [3.05, 3.63) is 60.1 Å². The summed E-state index contributed by atoms with van der Waals surface area (Å²) in [6.45, 7) is 4.53. The van der Waals surface area contributed by atoms with E-state index in [1.165, 1.54) is 18.5 Å². The van der Waals surface area contributed by atoms with Gasteiger partial charge in [0.1, 0.15) is 17.9 Å². The molecule has 4 aromatic rings. The number of anilines is 1. The van der Waals surface area contributed by atoms with Gasteiger partial charge in [-0.15, -0.1) is 0 Å². The second-order valence-electron chi connectivity index (χ2n) is 8.31. The van der Waals surface area contributed by atoms with E-state index in [1.807, 2.05) is 13.0 Å². The van der Waals surface area contributed by atoms with Crippen LogP contribution >= 0.6 is 0 Å². The molecule has 0 bridgehead atoms. The number of amides is 1. The number of benzene rings is 1. The van der Waals surface area contributed by atoms with E-state index in [0.717, 1.165) is 24.6 Å². The minimum absolute atomic E-state index is 0.0110. The van der Waals surface area contributed by atoms with Crippen molar-refractivity contribution >= 4 is 17.5 Å². The fourth-order valence-corrected chi connectivity index (χ4v) is 4.85. The van der Waals surface area contributed by atoms with E-state index in [1.54, 1.807) is 27.7 Å². The average Bonchev–Trinajstić information content (AvgIpc) is 3.56. The van der Waals surface area contributed by atoms with E-state index in [0.29, 0.717) is 24.6 Å². The number of hydrogen-bond acceptors (Lipinski definition) is 7. The molecule has 6 rings (SSSR count). The number of hydrogen-bond donors (Lipinski definition) is 0. The molecule has 9 nitrogen and oxygen atoms in total. The number of likely N-dealkylation sites (tertiary alicyclic amines) is 1. The van der Waals surface area contributed by atoms with Gasteiger partial charge in [-0.25, -0.2) is 13.9 Å². The highest BCUT2D eigenvalue weighted by molar-refractivity contribution is 6.00. The monoisotopic (exact) mass is 433 g/mol. The van der Waals surface area contributed by atoms with E-state index >= 15 is 0 Å². The van der Waals surface area contributed by atoms with E-state index in [2.05, 4.69) is 25.0 Å². The summed E-state index contributed by atoms with van der Waals surface area (Å²) in [5.41, 5.74) is 1.15. The Labute approximate surface area is 182 Å². The Morgan fingerprint density at radius 1 is 1.09 bits per heavy atom. The molecule has 0 radical (unpaired) electrons. The highest BCUT2D eigenvalue weighted by atomic mass is 19.1. The van der Waals surface area contributed by atoms with E-state index in [4.69, 9.17) is 4.42 Å². The normalized spacial score (nSPS) is 20.3. The summed E-state index contributed by atoms with van der Waals surface area (Å²) in [6.07, 6.45) is 4.60. The van der Waals surface area contributed by atoms with Crippen LogP contribution in [-0.2, 0) is 0 Å². The number of halogens is 1. The number of fused-ring (bicyclic) bond motifs is 2. The summed E-state index contributed by atoms with van der Waals surface area (Å²) in [6, 6.07) is 6.37. The number of carbonyl (C=O) groups is 1. The molecule has 32 heavy (non-hydrogen) atoms. The van der Waals surface area contributed by atoms with Gasteiger partial charge in [-0.2, -0.15) is 15.1 Å². The minimum Gasteiger partial charge on any atom is -0.445 e. The Hall–Kier alpha value is -3.82. The van der Waals surface area contributed by atoms with Crippen molar-refractivity contribution in [2.75, 3.05) is 31.1 Å². The summed E-state index contributed by atoms with van der Waals surface area (Å²) in [4.78, 5) is 30.5. The summed E-state index contributed by atoms with van der Waals surface area (Å²) in [5, 5.41) is 4.22. The maximum Gasteiger partial charge on any atom is 0.257 e. The summed E-state index contributed by atoms with van der Waals surface area (Å²) in [7, 11) is 0. The first-order valence-corrected chi connectivity index (χ1v) is 10.5. The zero-order chi connectivity index (χ0) is 21.8. The molecule has 2 aliphatic rings. The average molecular weight is 433 g/mol. The number of carbonyl (C=O) groups excluding carboxylic acids is 1. The van der Waals surface area contributed by atoms with Crippen LogP contribution in [0.25, 0.3) is 17.1 Å². The molecule has 0 aliphatic carbocycles. The van der Waals surface area contributed by atoms with Gasteiger partial charge in [0.2, 0.25) is 11.8 Å². The lowest BCUT2D eigenvalue weighted by Crippen LogP contribution is -2.34. The number of nitrogens with zero attached hydrogens (tertiary/aromatic N) is 7. The van der Waals surface area contributed by atoms with Gasteiger partial charge in [-0.3, -0.25) is 4.79 Å². The molecule has 0 spiro atoms. The maximum atomic E-state index is 14.7. The van der Waals surface area contributed by atoms with Gasteiger partial charge in [-0.05, 0) is 19.1 Å². The van der Waals surface area contributed by atoms with Crippen LogP contribution in [0.3, 0.4) is 0 Å². The zero-order valence-electron chi connectivity index (χ0n) is 17.3. The number of aryl methyl sites for hydroxylation is 1. The zero-order valence-corrected chi connectivity index (χ0v) is 17.3. The summed E-state index contributed by atoms with van der Waals surface area (Å²) >= 11 is 0. The first kappa shape index (κ1) is 18.9. The van der Waals surface area contributed by atoms with Crippen LogP contribution in [0.5, 0.6) is 0 Å². The van der Waals surface area contributed by atoms with Crippen LogP contribution in [0, 0.1) is 24.6 Å². The Balaban J connectivity index is 1.22. The SMILES string of the molecule is Cc1nc(N2C[C@H]3CN(C(=O)c4c(F)cccc4-c4ncco4)C[C@H]3C2)nc2ccnn12. The third-order valence-electron chi connectivity index (χ3n) is 6.35. The second-order valence-corrected chi connectivity index (χ2v) is 8.31. The predicted molar refractivity (Wildman–Crippen MR) is 113 cm³/mol. The van der Waals surface area contributed by atoms with Crippen molar-refractivity contribution in [2.24, 2.45) is 11.8 Å². The highest BCUT2D eigenvalue weighted by Crippen LogP contribution is 2.35. The fraction of sp³-hybridized carbons (Fsp3) is 0.318. The van der Waals surface area contributed by atoms with E-state index < -0.39 is 5.82 Å². The lowest BCUT2D eigenvalue weighted by atomic mass is 10.0. The number of oxazole rings is 1. The maximum absolute atomic E-state index is 14.7. The molecule has 2 aliphatic heterocycles. The molecule has 1 aromatic carbocycles. The van der Waals surface area contributed by atoms with E-state index in [9.17, 15) is 9.18 Å². The predicted octanol–water partition coefficient (Wildman–Crippen LogP) is 2.44. The largest absolute Gasteiger partial charge is 0.445 e. The van der Waals surface area contributed by atoms with Crippen LogP contribution in [-0.4, -0.2) is 61.6 Å². The van der Waals surface area contributed by atoms with E-state index in [-0.39, 0.29) is 29.2 Å². The summed E-state index contributed by atoms with van der Waals surface area (Å²) in [5.74, 6) is 1.36. The van der Waals surface area contributed by atoms with Crippen LogP contribution < -0.4 is 4.90 Å². The molecule has 5 heterocycles. The Kier molecular flexibility index (Phi) is 4.20. The van der Waals surface area contributed by atoms with Gasteiger partial charge < -0.3 is 14.2 Å². The molecule has 1 amide bonds. The van der Waals surface area contributed by atoms with Gasteiger partial charge in [-0.1, -0.05) is 6.07 Å². The van der Waals surface area contributed by atoms with Crippen LogP contribution in [0.4, 0.5) is 10.3 Å². The van der Waals surface area contributed by atoms with Crippen molar-refractivity contribution in [1.29, 1.82) is 0 Å². The first-order valence-electron chi connectivity index (χ1n) is 10.5. The Morgan fingerprint density at radius 3 is 2.66 bits per heavy atom. The molecule has 0 N–H and O–H groups in total. The van der Waals surface area contributed by atoms with Crippen molar-refractivity contribution < 1.29 is 13.6 Å². The standard InChI is InChI=1S/C22H20FN7O2/c1-13-26-22(27-18-5-6-25-30(13)18)29-11-14-9-28(10-15(14)12-29)21(31)19-16(3-2-4-17(19)23)20-24-7-8-32-20/h2-8,14-15H,9-12H2,1H3/t14-,15+. The third kappa shape index (κ3) is 2.94. The fourth-order valence-electron chi connectivity index (χ4n) is 4.85. The van der Waals surface area contributed by atoms with Crippen molar-refractivity contribution in [3.63, 3.8) is 0 Å².